The molecule has 1 amide bonds. The minimum atomic E-state index is 0.0307. The summed E-state index contributed by atoms with van der Waals surface area (Å²) in [7, 11) is 1.63. The average Bonchev–Trinajstić information content (AvgIpc) is 2.42. The molecule has 100 valence electrons. The number of ether oxygens (including phenoxy) is 1. The van der Waals surface area contributed by atoms with Crippen LogP contribution in [0.15, 0.2) is 29.2 Å². The van der Waals surface area contributed by atoms with E-state index < -0.39 is 0 Å². The molecule has 3 N–H and O–H groups in total. The molecule has 1 aromatic rings. The summed E-state index contributed by atoms with van der Waals surface area (Å²) in [5.41, 5.74) is 5.48. The lowest BCUT2D eigenvalue weighted by Gasteiger charge is -2.10. The molecular formula is C13H20N2O2S. The van der Waals surface area contributed by atoms with Crippen molar-refractivity contribution in [1.82, 2.24) is 5.32 Å². The molecule has 0 fully saturated rings. The maximum atomic E-state index is 11.6. The van der Waals surface area contributed by atoms with Crippen molar-refractivity contribution in [3.05, 3.63) is 24.3 Å². The fourth-order valence-electron chi connectivity index (χ4n) is 1.26. The zero-order valence-electron chi connectivity index (χ0n) is 10.8. The smallest absolute Gasteiger partial charge is 0.230 e. The molecule has 1 unspecified atom stereocenters. The molecule has 0 radical (unpaired) electrons. The van der Waals surface area contributed by atoms with Crippen molar-refractivity contribution in [1.29, 1.82) is 0 Å². The molecule has 0 aliphatic carbocycles. The monoisotopic (exact) mass is 268 g/mol. The van der Waals surface area contributed by atoms with Crippen LogP contribution in [0.25, 0.3) is 0 Å². The third kappa shape index (κ3) is 5.42. The summed E-state index contributed by atoms with van der Waals surface area (Å²) >= 11 is 1.49. The number of nitrogens with two attached hydrogens (primary N) is 1. The van der Waals surface area contributed by atoms with Gasteiger partial charge in [0.05, 0.1) is 12.9 Å². The molecule has 4 nitrogen and oxygen atoms in total. The van der Waals surface area contributed by atoms with Gasteiger partial charge in [-0.25, -0.2) is 0 Å². The topological polar surface area (TPSA) is 64.3 Å². The second-order valence-corrected chi connectivity index (χ2v) is 5.16. The Bertz CT molecular complexity index is 385. The van der Waals surface area contributed by atoms with Crippen LogP contribution >= 0.6 is 11.8 Å². The fraction of sp³-hybridized carbons (Fsp3) is 0.462. The minimum Gasteiger partial charge on any atom is -0.497 e. The third-order valence-corrected chi connectivity index (χ3v) is 3.45. The molecule has 0 spiro atoms. The second kappa shape index (κ2) is 8.00. The van der Waals surface area contributed by atoms with Crippen molar-refractivity contribution >= 4 is 17.7 Å². The largest absolute Gasteiger partial charge is 0.497 e. The Morgan fingerprint density at radius 3 is 3.00 bits per heavy atom. The second-order valence-electron chi connectivity index (χ2n) is 4.11. The van der Waals surface area contributed by atoms with E-state index in [4.69, 9.17) is 10.5 Å². The molecule has 0 heterocycles. The highest BCUT2D eigenvalue weighted by Crippen LogP contribution is 2.22. The Labute approximate surface area is 112 Å². The Kier molecular flexibility index (Phi) is 6.60. The quantitative estimate of drug-likeness (QED) is 0.736. The van der Waals surface area contributed by atoms with Crippen molar-refractivity contribution in [3.63, 3.8) is 0 Å². The number of thioether (sulfide) groups is 1. The normalized spacial score (nSPS) is 11.9. The highest BCUT2D eigenvalue weighted by atomic mass is 32.2. The summed E-state index contributed by atoms with van der Waals surface area (Å²) in [6.07, 6.45) is 0. The molecule has 1 rings (SSSR count). The molecule has 0 saturated carbocycles. The third-order valence-electron chi connectivity index (χ3n) is 2.46. The number of amides is 1. The van der Waals surface area contributed by atoms with E-state index in [0.29, 0.717) is 24.8 Å². The molecule has 5 heteroatoms. The van der Waals surface area contributed by atoms with Crippen LogP contribution in [0.1, 0.15) is 6.92 Å². The van der Waals surface area contributed by atoms with E-state index in [-0.39, 0.29) is 5.91 Å². The van der Waals surface area contributed by atoms with E-state index >= 15 is 0 Å². The van der Waals surface area contributed by atoms with Crippen molar-refractivity contribution in [3.8, 4) is 5.75 Å². The van der Waals surface area contributed by atoms with Crippen LogP contribution in [-0.2, 0) is 4.79 Å². The van der Waals surface area contributed by atoms with Crippen molar-refractivity contribution in [2.24, 2.45) is 11.7 Å². The van der Waals surface area contributed by atoms with Crippen LogP contribution in [0.2, 0.25) is 0 Å². The van der Waals surface area contributed by atoms with Gasteiger partial charge < -0.3 is 15.8 Å². The number of methoxy groups -OCH3 is 1. The SMILES string of the molecule is COc1cccc(SCC(=O)NCC(C)CN)c1. The summed E-state index contributed by atoms with van der Waals surface area (Å²) in [6.45, 7) is 3.23. The van der Waals surface area contributed by atoms with Gasteiger partial charge in [-0.3, -0.25) is 4.79 Å². The molecule has 0 aliphatic heterocycles. The summed E-state index contributed by atoms with van der Waals surface area (Å²) in [5, 5.41) is 2.86. The average molecular weight is 268 g/mol. The van der Waals surface area contributed by atoms with E-state index in [1.54, 1.807) is 7.11 Å². The van der Waals surface area contributed by atoms with Crippen LogP contribution < -0.4 is 15.8 Å². The van der Waals surface area contributed by atoms with Crippen LogP contribution in [0.5, 0.6) is 5.75 Å². The van der Waals surface area contributed by atoms with Crippen molar-refractivity contribution in [2.75, 3.05) is 26.0 Å². The van der Waals surface area contributed by atoms with Crippen LogP contribution in [0.4, 0.5) is 0 Å². The number of hydrogen-bond acceptors (Lipinski definition) is 4. The summed E-state index contributed by atoms with van der Waals surface area (Å²) in [5.74, 6) is 1.56. The zero-order valence-corrected chi connectivity index (χ0v) is 11.6. The molecule has 1 atom stereocenters. The first-order valence-corrected chi connectivity index (χ1v) is 6.88. The van der Waals surface area contributed by atoms with Crippen molar-refractivity contribution < 1.29 is 9.53 Å². The van der Waals surface area contributed by atoms with Gasteiger partial charge in [0.15, 0.2) is 0 Å². The molecule has 0 aliphatic rings. The Morgan fingerprint density at radius 2 is 2.33 bits per heavy atom. The van der Waals surface area contributed by atoms with Gasteiger partial charge in [0.1, 0.15) is 5.75 Å². The maximum Gasteiger partial charge on any atom is 0.230 e. The minimum absolute atomic E-state index is 0.0307. The number of hydrogen-bond donors (Lipinski definition) is 2. The van der Waals surface area contributed by atoms with E-state index in [1.807, 2.05) is 31.2 Å². The Hall–Kier alpha value is -1.20. The standard InChI is InChI=1S/C13H20N2O2S/c1-10(7-14)8-15-13(16)9-18-12-5-3-4-11(6-12)17-2/h3-6,10H,7-9,14H2,1-2H3,(H,15,16). The number of rotatable bonds is 7. The van der Waals surface area contributed by atoms with E-state index in [9.17, 15) is 4.79 Å². The lowest BCUT2D eigenvalue weighted by molar-refractivity contribution is -0.118. The van der Waals surface area contributed by atoms with Gasteiger partial charge in [-0.1, -0.05) is 13.0 Å². The first kappa shape index (κ1) is 14.9. The predicted molar refractivity (Wildman–Crippen MR) is 74.9 cm³/mol. The van der Waals surface area contributed by atoms with Crippen LogP contribution in [-0.4, -0.2) is 31.9 Å². The molecule has 0 bridgehead atoms. The fourth-order valence-corrected chi connectivity index (χ4v) is 2.04. The van der Waals surface area contributed by atoms with Gasteiger partial charge in [0.25, 0.3) is 0 Å². The molecule has 0 aromatic heterocycles. The molecular weight excluding hydrogens is 248 g/mol. The first-order chi connectivity index (χ1) is 8.65. The number of nitrogens with one attached hydrogen (secondary N) is 1. The van der Waals surface area contributed by atoms with Gasteiger partial charge in [0, 0.05) is 11.4 Å². The summed E-state index contributed by atoms with van der Waals surface area (Å²) < 4.78 is 5.13. The Morgan fingerprint density at radius 1 is 1.56 bits per heavy atom. The molecule has 18 heavy (non-hydrogen) atoms. The highest BCUT2D eigenvalue weighted by Gasteiger charge is 2.05. The highest BCUT2D eigenvalue weighted by molar-refractivity contribution is 8.00. The van der Waals surface area contributed by atoms with Gasteiger partial charge in [-0.2, -0.15) is 0 Å². The van der Waals surface area contributed by atoms with E-state index in [0.717, 1.165) is 10.6 Å². The van der Waals surface area contributed by atoms with E-state index in [1.165, 1.54) is 11.8 Å². The van der Waals surface area contributed by atoms with Gasteiger partial charge in [0.2, 0.25) is 5.91 Å². The predicted octanol–water partition coefficient (Wildman–Crippen LogP) is 1.50. The number of carbonyl (C=O) groups excluding carboxylic acids is 1. The molecule has 0 saturated heterocycles. The van der Waals surface area contributed by atoms with Crippen molar-refractivity contribution in [2.45, 2.75) is 11.8 Å². The molecule has 1 aromatic carbocycles. The number of carbonyl (C=O) groups is 1. The zero-order chi connectivity index (χ0) is 13.4. The van der Waals surface area contributed by atoms with Crippen LogP contribution in [0, 0.1) is 5.92 Å². The summed E-state index contributed by atoms with van der Waals surface area (Å²) in [4.78, 5) is 12.6. The Balaban J connectivity index is 2.33. The van der Waals surface area contributed by atoms with Gasteiger partial charge in [-0.15, -0.1) is 11.8 Å². The van der Waals surface area contributed by atoms with Gasteiger partial charge in [-0.05, 0) is 30.7 Å². The maximum absolute atomic E-state index is 11.6. The summed E-state index contributed by atoms with van der Waals surface area (Å²) in [6, 6.07) is 7.67. The first-order valence-electron chi connectivity index (χ1n) is 5.89. The van der Waals surface area contributed by atoms with Crippen LogP contribution in [0.3, 0.4) is 0 Å². The number of benzene rings is 1. The lowest BCUT2D eigenvalue weighted by Crippen LogP contribution is -2.32. The lowest BCUT2D eigenvalue weighted by atomic mass is 10.2. The van der Waals surface area contributed by atoms with Gasteiger partial charge >= 0.3 is 0 Å². The van der Waals surface area contributed by atoms with E-state index in [2.05, 4.69) is 5.32 Å².